The molecule has 2 saturated heterocycles. The summed E-state index contributed by atoms with van der Waals surface area (Å²) in [5.74, 6) is 0.904. The molecule has 0 unspecified atom stereocenters. The number of nitrogens with zero attached hydrogens (tertiary/aromatic N) is 2. The van der Waals surface area contributed by atoms with Crippen molar-refractivity contribution < 1.29 is 18.3 Å². The smallest absolute Gasteiger partial charge is 0.252 e. The first-order chi connectivity index (χ1) is 16.5. The third kappa shape index (κ3) is 4.29. The second-order valence-corrected chi connectivity index (χ2v) is 12.0. The van der Waals surface area contributed by atoms with Crippen molar-refractivity contribution in [1.29, 1.82) is 0 Å². The Balaban J connectivity index is 1.41. The number of benzene rings is 2. The molecular weight excluding hydrogens is 468 g/mol. The monoisotopic (exact) mass is 498 g/mol. The number of methoxy groups -OCH3 is 1. The molecule has 2 aliphatic rings. The van der Waals surface area contributed by atoms with Crippen LogP contribution in [0.5, 0.6) is 5.75 Å². The van der Waals surface area contributed by atoms with Gasteiger partial charge in [0.15, 0.2) is 0 Å². The molecule has 2 fully saturated rings. The molecule has 2 aliphatic heterocycles. The number of sulfonamides is 1. The van der Waals surface area contributed by atoms with E-state index in [1.165, 1.54) is 11.3 Å². The number of thiophene rings is 1. The second-order valence-electron chi connectivity index (χ2n) is 8.94. The largest absolute Gasteiger partial charge is 0.497 e. The zero-order valence-electron chi connectivity index (χ0n) is 19.2. The Morgan fingerprint density at radius 3 is 2.53 bits per heavy atom. The Bertz CT molecular complexity index is 1210. The van der Waals surface area contributed by atoms with E-state index in [0.29, 0.717) is 17.3 Å². The Kier molecular flexibility index (Phi) is 6.77. The lowest BCUT2D eigenvalue weighted by atomic mass is 9.74. The molecule has 2 aromatic carbocycles. The summed E-state index contributed by atoms with van der Waals surface area (Å²) < 4.78 is 34.0. The summed E-state index contributed by atoms with van der Waals surface area (Å²) in [4.78, 5) is 2.30. The van der Waals surface area contributed by atoms with Crippen molar-refractivity contribution in [2.45, 2.75) is 35.1 Å². The minimum absolute atomic E-state index is 0.0112. The average molecular weight is 499 g/mol. The van der Waals surface area contributed by atoms with Gasteiger partial charge in [0.1, 0.15) is 9.96 Å². The fraction of sp³-hybridized carbons (Fsp3) is 0.385. The van der Waals surface area contributed by atoms with Crippen molar-refractivity contribution in [2.75, 3.05) is 33.4 Å². The number of aliphatic hydroxyl groups excluding tert-OH is 1. The van der Waals surface area contributed by atoms with E-state index in [1.54, 1.807) is 28.9 Å². The minimum atomic E-state index is -3.51. The highest BCUT2D eigenvalue weighted by molar-refractivity contribution is 7.91. The van der Waals surface area contributed by atoms with Crippen LogP contribution < -0.4 is 4.74 Å². The van der Waals surface area contributed by atoms with Crippen LogP contribution in [0.1, 0.15) is 24.3 Å². The fourth-order valence-electron chi connectivity index (χ4n) is 5.36. The van der Waals surface area contributed by atoms with Gasteiger partial charge in [-0.05, 0) is 59.7 Å². The summed E-state index contributed by atoms with van der Waals surface area (Å²) in [6.45, 7) is 1.94. The lowest BCUT2D eigenvalue weighted by Crippen LogP contribution is -2.67. The molecule has 0 aliphatic carbocycles. The summed E-state index contributed by atoms with van der Waals surface area (Å²) in [5, 5.41) is 12.0. The molecule has 3 atom stereocenters. The predicted molar refractivity (Wildman–Crippen MR) is 135 cm³/mol. The lowest BCUT2D eigenvalue weighted by Gasteiger charge is -2.57. The van der Waals surface area contributed by atoms with Gasteiger partial charge >= 0.3 is 0 Å². The molecule has 3 heterocycles. The molecule has 34 heavy (non-hydrogen) atoms. The molecule has 0 spiro atoms. The lowest BCUT2D eigenvalue weighted by molar-refractivity contribution is -0.0553. The molecule has 5 rings (SSSR count). The third-order valence-electron chi connectivity index (χ3n) is 7.12. The van der Waals surface area contributed by atoms with Gasteiger partial charge in [0.05, 0.1) is 13.7 Å². The van der Waals surface area contributed by atoms with Gasteiger partial charge in [-0.1, -0.05) is 42.5 Å². The maximum absolute atomic E-state index is 13.3. The first kappa shape index (κ1) is 23.5. The van der Waals surface area contributed by atoms with Crippen molar-refractivity contribution in [2.24, 2.45) is 0 Å². The highest BCUT2D eigenvalue weighted by Crippen LogP contribution is 2.43. The molecule has 0 saturated carbocycles. The van der Waals surface area contributed by atoms with Crippen molar-refractivity contribution >= 4 is 21.4 Å². The first-order valence-electron chi connectivity index (χ1n) is 11.7. The van der Waals surface area contributed by atoms with E-state index < -0.39 is 10.0 Å². The third-order valence-corrected chi connectivity index (χ3v) is 10.4. The highest BCUT2D eigenvalue weighted by atomic mass is 32.2. The van der Waals surface area contributed by atoms with Crippen LogP contribution >= 0.6 is 11.3 Å². The molecule has 0 radical (unpaired) electrons. The SMILES string of the molecule is COc1cccc(-c2ccc([C@H]3[C@H]4CN(S(=O)(=O)c5cccs5)CCCCN4[C@H]3CO)cc2)c1. The first-order valence-corrected chi connectivity index (χ1v) is 14.0. The van der Waals surface area contributed by atoms with Crippen molar-refractivity contribution in [3.05, 3.63) is 71.6 Å². The van der Waals surface area contributed by atoms with Gasteiger partial charge in [-0.2, -0.15) is 4.31 Å². The molecule has 6 nitrogen and oxygen atoms in total. The second kappa shape index (κ2) is 9.79. The van der Waals surface area contributed by atoms with Gasteiger partial charge in [-0.25, -0.2) is 8.42 Å². The van der Waals surface area contributed by atoms with Crippen LogP contribution in [0.15, 0.2) is 70.3 Å². The zero-order chi connectivity index (χ0) is 23.7. The van der Waals surface area contributed by atoms with Gasteiger partial charge in [-0.3, -0.25) is 4.90 Å². The highest BCUT2D eigenvalue weighted by Gasteiger charge is 2.50. The summed E-state index contributed by atoms with van der Waals surface area (Å²) in [7, 11) is -1.85. The molecule has 8 heteroatoms. The Hall–Kier alpha value is -2.23. The number of ether oxygens (including phenoxy) is 1. The number of aliphatic hydroxyl groups is 1. The standard InChI is InChI=1S/C26H30N2O4S2/c1-32-22-7-4-6-21(16-22)19-9-11-20(12-10-19)26-23-17-27(34(30,31)25-8-5-15-33-25)13-2-3-14-28(23)24(26)18-29/h4-12,15-16,23-24,26,29H,2-3,13-14,17-18H2,1H3/t23-,24+,26+/m1/s1. The van der Waals surface area contributed by atoms with Crippen molar-refractivity contribution in [3.63, 3.8) is 0 Å². The van der Waals surface area contributed by atoms with Crippen LogP contribution in [0, 0.1) is 0 Å². The normalized spacial score (nSPS) is 24.0. The van der Waals surface area contributed by atoms with E-state index in [9.17, 15) is 13.5 Å². The number of hydrogen-bond donors (Lipinski definition) is 1. The van der Waals surface area contributed by atoms with Crippen LogP contribution in [-0.2, 0) is 10.0 Å². The number of fused-ring (bicyclic) bond motifs is 1. The Morgan fingerprint density at radius 1 is 1.03 bits per heavy atom. The van der Waals surface area contributed by atoms with Crippen LogP contribution in [0.2, 0.25) is 0 Å². The molecule has 1 N–H and O–H groups in total. The molecule has 1 aromatic heterocycles. The quantitative estimate of drug-likeness (QED) is 0.556. The zero-order valence-corrected chi connectivity index (χ0v) is 20.8. The summed E-state index contributed by atoms with van der Waals surface area (Å²) in [6.07, 6.45) is 1.75. The molecule has 0 bridgehead atoms. The maximum atomic E-state index is 13.3. The van der Waals surface area contributed by atoms with Gasteiger partial charge < -0.3 is 9.84 Å². The topological polar surface area (TPSA) is 70.1 Å². The molecule has 3 aromatic rings. The summed E-state index contributed by atoms with van der Waals surface area (Å²) in [5.41, 5.74) is 3.32. The molecular formula is C26H30N2O4S2. The Morgan fingerprint density at radius 2 is 1.82 bits per heavy atom. The molecule has 0 amide bonds. The average Bonchev–Trinajstić information content (AvgIpc) is 3.39. The van der Waals surface area contributed by atoms with Crippen molar-refractivity contribution in [3.8, 4) is 16.9 Å². The van der Waals surface area contributed by atoms with Crippen LogP contribution in [0.4, 0.5) is 0 Å². The van der Waals surface area contributed by atoms with Gasteiger partial charge in [0, 0.05) is 31.1 Å². The van der Waals surface area contributed by atoms with E-state index in [-0.39, 0.29) is 24.6 Å². The number of hydrogen-bond acceptors (Lipinski definition) is 6. The van der Waals surface area contributed by atoms with Gasteiger partial charge in [0.25, 0.3) is 10.0 Å². The van der Waals surface area contributed by atoms with E-state index in [4.69, 9.17) is 4.74 Å². The van der Waals surface area contributed by atoms with E-state index in [0.717, 1.165) is 41.8 Å². The van der Waals surface area contributed by atoms with Crippen LogP contribution in [0.3, 0.4) is 0 Å². The number of rotatable bonds is 6. The summed E-state index contributed by atoms with van der Waals surface area (Å²) >= 11 is 1.27. The molecule has 180 valence electrons. The van der Waals surface area contributed by atoms with Crippen molar-refractivity contribution in [1.82, 2.24) is 9.21 Å². The van der Waals surface area contributed by atoms with Gasteiger partial charge in [0.2, 0.25) is 0 Å². The maximum Gasteiger partial charge on any atom is 0.252 e. The minimum Gasteiger partial charge on any atom is -0.497 e. The van der Waals surface area contributed by atoms with E-state index >= 15 is 0 Å². The fourth-order valence-corrected chi connectivity index (χ4v) is 8.01. The van der Waals surface area contributed by atoms with E-state index in [1.807, 2.05) is 18.2 Å². The van der Waals surface area contributed by atoms with E-state index in [2.05, 4.69) is 35.2 Å². The predicted octanol–water partition coefficient (Wildman–Crippen LogP) is 4.04. The van der Waals surface area contributed by atoms with Gasteiger partial charge in [-0.15, -0.1) is 11.3 Å². The van der Waals surface area contributed by atoms with Crippen LogP contribution in [-0.4, -0.2) is 68.2 Å². The Labute approximate surface area is 205 Å². The van der Waals surface area contributed by atoms with Crippen LogP contribution in [0.25, 0.3) is 11.1 Å². The summed E-state index contributed by atoms with van der Waals surface area (Å²) in [6, 6.07) is 19.9.